The predicted octanol–water partition coefficient (Wildman–Crippen LogP) is 1.72. The van der Waals surface area contributed by atoms with Crippen LogP contribution in [-0.4, -0.2) is 14.3 Å². The zero-order valence-corrected chi connectivity index (χ0v) is 11.8. The molecule has 1 aromatic heterocycles. The third-order valence-corrected chi connectivity index (χ3v) is 4.17. The lowest BCUT2D eigenvalue weighted by Gasteiger charge is -2.06. The predicted molar refractivity (Wildman–Crippen MR) is 74.4 cm³/mol. The number of nitrogens with one attached hydrogen (secondary N) is 1. The molecule has 1 heterocycles. The summed E-state index contributed by atoms with van der Waals surface area (Å²) in [5.41, 5.74) is 0.0515. The first-order valence-electron chi connectivity index (χ1n) is 5.50. The zero-order chi connectivity index (χ0) is 14.8. The van der Waals surface area contributed by atoms with Crippen molar-refractivity contribution in [3.63, 3.8) is 0 Å². The maximum atomic E-state index is 13.3. The lowest BCUT2D eigenvalue weighted by atomic mass is 10.3. The quantitative estimate of drug-likeness (QED) is 0.900. The Morgan fingerprint density at radius 2 is 2.10 bits per heavy atom. The van der Waals surface area contributed by atoms with E-state index in [2.05, 4.69) is 5.32 Å². The minimum Gasteiger partial charge on any atom is -0.326 e. The number of hydrogen-bond acceptors (Lipinski definition) is 4. The lowest BCUT2D eigenvalue weighted by molar-refractivity contribution is -0.115. The molecule has 5 nitrogen and oxygen atoms in total. The molecule has 0 bridgehead atoms. The molecule has 20 heavy (non-hydrogen) atoms. The van der Waals surface area contributed by atoms with Gasteiger partial charge in [-0.3, -0.25) is 4.79 Å². The van der Waals surface area contributed by atoms with Crippen LogP contribution in [0.2, 0.25) is 0 Å². The van der Waals surface area contributed by atoms with Gasteiger partial charge in [0.1, 0.15) is 5.82 Å². The van der Waals surface area contributed by atoms with E-state index < -0.39 is 15.8 Å². The van der Waals surface area contributed by atoms with Gasteiger partial charge in [0.25, 0.3) is 0 Å². The number of anilines is 1. The summed E-state index contributed by atoms with van der Waals surface area (Å²) in [5, 5.41) is 9.21. The second-order valence-corrected chi connectivity index (χ2v) is 6.62. The van der Waals surface area contributed by atoms with E-state index in [1.54, 1.807) is 6.07 Å². The SMILES string of the molecule is NS(=O)(=O)c1cc(F)cc(NC(=O)Cc2cccs2)c1. The fourth-order valence-corrected chi connectivity index (χ4v) is 2.85. The molecule has 0 aliphatic carbocycles. The first-order valence-corrected chi connectivity index (χ1v) is 7.93. The topological polar surface area (TPSA) is 89.3 Å². The molecule has 1 amide bonds. The van der Waals surface area contributed by atoms with Crippen molar-refractivity contribution in [2.24, 2.45) is 5.14 Å². The summed E-state index contributed by atoms with van der Waals surface area (Å²) >= 11 is 1.42. The van der Waals surface area contributed by atoms with Crippen LogP contribution in [0.15, 0.2) is 40.6 Å². The summed E-state index contributed by atoms with van der Waals surface area (Å²) in [6, 6.07) is 6.55. The maximum absolute atomic E-state index is 13.3. The Hall–Kier alpha value is -1.77. The van der Waals surface area contributed by atoms with E-state index in [9.17, 15) is 17.6 Å². The van der Waals surface area contributed by atoms with Crippen molar-refractivity contribution in [1.82, 2.24) is 0 Å². The molecular formula is C12H11FN2O3S2. The van der Waals surface area contributed by atoms with Gasteiger partial charge in [0.2, 0.25) is 15.9 Å². The molecule has 8 heteroatoms. The fourth-order valence-electron chi connectivity index (χ4n) is 1.58. The summed E-state index contributed by atoms with van der Waals surface area (Å²) in [4.78, 5) is 12.2. The van der Waals surface area contributed by atoms with E-state index in [1.807, 2.05) is 11.4 Å². The average molecular weight is 314 g/mol. The van der Waals surface area contributed by atoms with E-state index in [-0.39, 0.29) is 22.9 Å². The molecule has 0 saturated carbocycles. The number of amides is 1. The van der Waals surface area contributed by atoms with Crippen LogP contribution >= 0.6 is 11.3 Å². The summed E-state index contributed by atoms with van der Waals surface area (Å²) in [5.74, 6) is -1.15. The van der Waals surface area contributed by atoms with E-state index in [1.165, 1.54) is 11.3 Å². The van der Waals surface area contributed by atoms with Gasteiger partial charge in [0, 0.05) is 10.6 Å². The Labute approximate surface area is 119 Å². The molecule has 0 atom stereocenters. The number of thiophene rings is 1. The zero-order valence-electron chi connectivity index (χ0n) is 10.2. The van der Waals surface area contributed by atoms with Gasteiger partial charge in [-0.1, -0.05) is 6.07 Å². The highest BCUT2D eigenvalue weighted by Gasteiger charge is 2.12. The molecule has 0 radical (unpaired) electrons. The van der Waals surface area contributed by atoms with Crippen LogP contribution in [-0.2, 0) is 21.2 Å². The van der Waals surface area contributed by atoms with E-state index >= 15 is 0 Å². The Bertz CT molecular complexity index is 727. The minimum absolute atomic E-state index is 0.0515. The van der Waals surface area contributed by atoms with Gasteiger partial charge < -0.3 is 5.32 Å². The van der Waals surface area contributed by atoms with Gasteiger partial charge in [0.15, 0.2) is 0 Å². The van der Waals surface area contributed by atoms with Crippen molar-refractivity contribution in [1.29, 1.82) is 0 Å². The normalized spacial score (nSPS) is 11.3. The Morgan fingerprint density at radius 3 is 2.70 bits per heavy atom. The highest BCUT2D eigenvalue weighted by atomic mass is 32.2. The van der Waals surface area contributed by atoms with E-state index in [0.717, 1.165) is 23.1 Å². The number of hydrogen-bond donors (Lipinski definition) is 2. The largest absolute Gasteiger partial charge is 0.326 e. The third-order valence-electron chi connectivity index (χ3n) is 2.40. The Kier molecular flexibility index (Phi) is 4.17. The van der Waals surface area contributed by atoms with E-state index in [0.29, 0.717) is 0 Å². The standard InChI is InChI=1S/C12H11FN2O3S2/c13-8-4-9(6-11(5-8)20(14,17)18)15-12(16)7-10-2-1-3-19-10/h1-6H,7H2,(H,15,16)(H2,14,17,18). The minimum atomic E-state index is -4.02. The van der Waals surface area contributed by atoms with Crippen LogP contribution in [0, 0.1) is 5.82 Å². The molecule has 1 aromatic carbocycles. The van der Waals surface area contributed by atoms with Crippen molar-refractivity contribution in [2.75, 3.05) is 5.32 Å². The van der Waals surface area contributed by atoms with Crippen molar-refractivity contribution < 1.29 is 17.6 Å². The molecule has 0 aliphatic rings. The molecule has 0 unspecified atom stereocenters. The Morgan fingerprint density at radius 1 is 1.35 bits per heavy atom. The number of nitrogens with two attached hydrogens (primary N) is 1. The first kappa shape index (κ1) is 14.6. The molecule has 0 aliphatic heterocycles. The number of carbonyl (C=O) groups excluding carboxylic acids is 1. The Balaban J connectivity index is 2.17. The molecule has 0 fully saturated rings. The number of primary sulfonamides is 1. The summed E-state index contributed by atoms with van der Waals surface area (Å²) < 4.78 is 35.7. The van der Waals surface area contributed by atoms with Crippen LogP contribution in [0.25, 0.3) is 0 Å². The van der Waals surface area contributed by atoms with Crippen LogP contribution < -0.4 is 10.5 Å². The van der Waals surface area contributed by atoms with Gasteiger partial charge in [-0.2, -0.15) is 0 Å². The van der Waals surface area contributed by atoms with Crippen LogP contribution in [0.5, 0.6) is 0 Å². The highest BCUT2D eigenvalue weighted by molar-refractivity contribution is 7.89. The van der Waals surface area contributed by atoms with Gasteiger partial charge in [-0.15, -0.1) is 11.3 Å². The lowest BCUT2D eigenvalue weighted by Crippen LogP contribution is -2.16. The van der Waals surface area contributed by atoms with Crippen molar-refractivity contribution in [3.05, 3.63) is 46.4 Å². The second kappa shape index (κ2) is 5.70. The number of carbonyl (C=O) groups is 1. The van der Waals surface area contributed by atoms with E-state index in [4.69, 9.17) is 5.14 Å². The summed E-state index contributed by atoms with van der Waals surface area (Å²) in [6.45, 7) is 0. The van der Waals surface area contributed by atoms with Gasteiger partial charge in [-0.25, -0.2) is 17.9 Å². The second-order valence-electron chi connectivity index (χ2n) is 4.02. The number of sulfonamides is 1. The molecular weight excluding hydrogens is 303 g/mol. The van der Waals surface area contributed by atoms with Crippen molar-refractivity contribution in [3.8, 4) is 0 Å². The molecule has 3 N–H and O–H groups in total. The fraction of sp³-hybridized carbons (Fsp3) is 0.0833. The molecule has 2 aromatic rings. The highest BCUT2D eigenvalue weighted by Crippen LogP contribution is 2.18. The summed E-state index contributed by atoms with van der Waals surface area (Å²) in [6.07, 6.45) is 0.138. The van der Waals surface area contributed by atoms with Crippen LogP contribution in [0.3, 0.4) is 0 Å². The smallest absolute Gasteiger partial charge is 0.238 e. The number of rotatable bonds is 4. The third kappa shape index (κ3) is 3.86. The maximum Gasteiger partial charge on any atom is 0.238 e. The summed E-state index contributed by atoms with van der Waals surface area (Å²) in [7, 11) is -4.02. The van der Waals surface area contributed by atoms with Crippen LogP contribution in [0.1, 0.15) is 4.88 Å². The van der Waals surface area contributed by atoms with Gasteiger partial charge >= 0.3 is 0 Å². The molecule has 2 rings (SSSR count). The molecule has 106 valence electrons. The van der Waals surface area contributed by atoms with Crippen molar-refractivity contribution in [2.45, 2.75) is 11.3 Å². The monoisotopic (exact) mass is 314 g/mol. The first-order chi connectivity index (χ1) is 9.34. The van der Waals surface area contributed by atoms with Gasteiger partial charge in [0.05, 0.1) is 11.3 Å². The number of halogens is 1. The van der Waals surface area contributed by atoms with Crippen LogP contribution in [0.4, 0.5) is 10.1 Å². The van der Waals surface area contributed by atoms with Gasteiger partial charge in [-0.05, 0) is 29.6 Å². The molecule has 0 saturated heterocycles. The molecule has 0 spiro atoms. The average Bonchev–Trinajstić information content (AvgIpc) is 2.79. The van der Waals surface area contributed by atoms with Crippen molar-refractivity contribution >= 4 is 33.0 Å². The number of benzene rings is 1.